The molecule has 0 saturated carbocycles. The Balaban J connectivity index is 2.47. The highest BCUT2D eigenvalue weighted by Crippen LogP contribution is 2.22. The molecule has 282 valence electrons. The third-order valence-corrected chi connectivity index (χ3v) is 9.28. The van der Waals surface area contributed by atoms with Gasteiger partial charge in [-0.2, -0.15) is 0 Å². The summed E-state index contributed by atoms with van der Waals surface area (Å²) in [4.78, 5) is 12.8. The SMILES string of the molecule is CCCCCCCC/C=C/CC/C=C/C(O)C(COC1OC(CO)C(O)C(O)C1O)NC(=O)CCCCCCCCCCCCCCC. The van der Waals surface area contributed by atoms with Crippen molar-refractivity contribution in [3.63, 3.8) is 0 Å². The molecule has 0 spiro atoms. The van der Waals surface area contributed by atoms with Crippen molar-refractivity contribution in [3.8, 4) is 0 Å². The van der Waals surface area contributed by atoms with Crippen molar-refractivity contribution in [1.29, 1.82) is 0 Å². The third-order valence-electron chi connectivity index (χ3n) is 9.28. The largest absolute Gasteiger partial charge is 0.394 e. The van der Waals surface area contributed by atoms with Crippen molar-refractivity contribution in [1.82, 2.24) is 5.32 Å². The lowest BCUT2D eigenvalue weighted by Gasteiger charge is -2.40. The maximum atomic E-state index is 12.8. The Labute approximate surface area is 292 Å². The van der Waals surface area contributed by atoms with Crippen LogP contribution in [0.15, 0.2) is 24.3 Å². The number of nitrogens with one attached hydrogen (secondary N) is 1. The molecule has 7 unspecified atom stereocenters. The van der Waals surface area contributed by atoms with Gasteiger partial charge in [-0.1, -0.05) is 147 Å². The van der Waals surface area contributed by atoms with E-state index in [0.717, 1.165) is 38.5 Å². The molecule has 0 aliphatic carbocycles. The molecule has 1 aliphatic rings. The predicted octanol–water partition coefficient (Wildman–Crippen LogP) is 6.77. The van der Waals surface area contributed by atoms with E-state index < -0.39 is 49.5 Å². The molecule has 1 aliphatic heterocycles. The van der Waals surface area contributed by atoms with E-state index in [9.17, 15) is 30.3 Å². The molecule has 1 amide bonds. The molecule has 1 rings (SSSR count). The smallest absolute Gasteiger partial charge is 0.220 e. The fraction of sp³-hybridized carbons (Fsp3) is 0.872. The van der Waals surface area contributed by atoms with Crippen LogP contribution in [0.5, 0.6) is 0 Å². The quantitative estimate of drug-likeness (QED) is 0.0346. The summed E-state index contributed by atoms with van der Waals surface area (Å²) in [5.74, 6) is -0.189. The number of hydrogen-bond acceptors (Lipinski definition) is 8. The molecular weight excluding hydrogens is 610 g/mol. The number of carbonyl (C=O) groups is 1. The van der Waals surface area contributed by atoms with Crippen LogP contribution >= 0.6 is 0 Å². The highest BCUT2D eigenvalue weighted by Gasteiger charge is 2.44. The zero-order valence-electron chi connectivity index (χ0n) is 30.5. The normalized spacial score (nSPS) is 22.9. The number of hydrogen-bond donors (Lipinski definition) is 6. The summed E-state index contributed by atoms with van der Waals surface area (Å²) in [5, 5.41) is 53.8. The monoisotopic (exact) mass is 684 g/mol. The molecule has 1 heterocycles. The van der Waals surface area contributed by atoms with Gasteiger partial charge in [0.15, 0.2) is 6.29 Å². The first-order valence-electron chi connectivity index (χ1n) is 19.6. The Morgan fingerprint density at radius 2 is 1.19 bits per heavy atom. The predicted molar refractivity (Wildman–Crippen MR) is 193 cm³/mol. The molecule has 7 atom stereocenters. The Morgan fingerprint density at radius 3 is 1.75 bits per heavy atom. The van der Waals surface area contributed by atoms with Crippen molar-refractivity contribution >= 4 is 5.91 Å². The van der Waals surface area contributed by atoms with Crippen LogP contribution in [0.3, 0.4) is 0 Å². The van der Waals surface area contributed by atoms with Gasteiger partial charge in [0.2, 0.25) is 5.91 Å². The standard InChI is InChI=1S/C39H73NO8/c1-3-5-7-9-11-13-15-17-19-21-23-25-27-29-35(43)40-32(31-47-39-38(46)37(45)36(44)34(30-41)48-39)33(42)28-26-24-22-20-18-16-14-12-10-8-6-4-2/h18,20,26,28,32-34,36-39,41-42,44-46H,3-17,19,21-25,27,29-31H2,1-2H3,(H,40,43)/b20-18+,28-26+. The van der Waals surface area contributed by atoms with E-state index >= 15 is 0 Å². The number of carbonyl (C=O) groups excluding carboxylic acids is 1. The lowest BCUT2D eigenvalue weighted by Crippen LogP contribution is -2.60. The fourth-order valence-electron chi connectivity index (χ4n) is 6.05. The Kier molecular flexibility index (Phi) is 28.4. The molecule has 0 aromatic heterocycles. The third kappa shape index (κ3) is 21.7. The molecule has 9 heteroatoms. The number of unbranched alkanes of at least 4 members (excludes halogenated alkanes) is 19. The lowest BCUT2D eigenvalue weighted by atomic mass is 9.99. The lowest BCUT2D eigenvalue weighted by molar-refractivity contribution is -0.302. The van der Waals surface area contributed by atoms with Crippen LogP contribution in [0, 0.1) is 0 Å². The van der Waals surface area contributed by atoms with E-state index in [1.807, 2.05) is 6.08 Å². The molecule has 1 saturated heterocycles. The topological polar surface area (TPSA) is 149 Å². The molecule has 0 aromatic carbocycles. The van der Waals surface area contributed by atoms with Crippen molar-refractivity contribution in [3.05, 3.63) is 24.3 Å². The van der Waals surface area contributed by atoms with Gasteiger partial charge in [-0.15, -0.1) is 0 Å². The van der Waals surface area contributed by atoms with Gasteiger partial charge in [0.25, 0.3) is 0 Å². The van der Waals surface area contributed by atoms with Gasteiger partial charge in [0.1, 0.15) is 24.4 Å². The number of rotatable bonds is 31. The summed E-state index contributed by atoms with van der Waals surface area (Å²) >= 11 is 0. The van der Waals surface area contributed by atoms with Crippen LogP contribution in [-0.2, 0) is 14.3 Å². The van der Waals surface area contributed by atoms with E-state index in [0.29, 0.717) is 6.42 Å². The summed E-state index contributed by atoms with van der Waals surface area (Å²) in [6.07, 6.45) is 26.5. The summed E-state index contributed by atoms with van der Waals surface area (Å²) in [7, 11) is 0. The minimum Gasteiger partial charge on any atom is -0.394 e. The number of aliphatic hydroxyl groups excluding tert-OH is 5. The zero-order valence-corrected chi connectivity index (χ0v) is 30.5. The first-order chi connectivity index (χ1) is 23.3. The van der Waals surface area contributed by atoms with Crippen LogP contribution in [-0.4, -0.2) is 87.5 Å². The first-order valence-corrected chi connectivity index (χ1v) is 19.6. The highest BCUT2D eigenvalue weighted by molar-refractivity contribution is 5.76. The molecule has 48 heavy (non-hydrogen) atoms. The van der Waals surface area contributed by atoms with Gasteiger partial charge < -0.3 is 40.3 Å². The van der Waals surface area contributed by atoms with Crippen LogP contribution in [0.4, 0.5) is 0 Å². The highest BCUT2D eigenvalue weighted by atomic mass is 16.7. The van der Waals surface area contributed by atoms with Crippen molar-refractivity contribution in [2.45, 2.75) is 204 Å². The van der Waals surface area contributed by atoms with Crippen LogP contribution in [0.1, 0.15) is 162 Å². The average Bonchev–Trinajstić information content (AvgIpc) is 3.08. The summed E-state index contributed by atoms with van der Waals surface area (Å²) < 4.78 is 11.1. The minimum atomic E-state index is -1.57. The summed E-state index contributed by atoms with van der Waals surface area (Å²) in [5.41, 5.74) is 0. The number of aliphatic hydroxyl groups is 5. The van der Waals surface area contributed by atoms with Crippen molar-refractivity contribution in [2.75, 3.05) is 13.2 Å². The second-order valence-corrected chi connectivity index (χ2v) is 13.7. The summed E-state index contributed by atoms with van der Waals surface area (Å²) in [6.45, 7) is 3.71. The fourth-order valence-corrected chi connectivity index (χ4v) is 6.05. The molecule has 1 fully saturated rings. The van der Waals surface area contributed by atoms with Gasteiger partial charge in [0, 0.05) is 6.42 Å². The van der Waals surface area contributed by atoms with Gasteiger partial charge in [-0.05, 0) is 32.1 Å². The molecule has 0 radical (unpaired) electrons. The summed E-state index contributed by atoms with van der Waals surface area (Å²) in [6, 6.07) is -0.814. The van der Waals surface area contributed by atoms with Crippen LogP contribution in [0.25, 0.3) is 0 Å². The molecule has 6 N–H and O–H groups in total. The maximum Gasteiger partial charge on any atom is 0.220 e. The van der Waals surface area contributed by atoms with Gasteiger partial charge in [-0.25, -0.2) is 0 Å². The minimum absolute atomic E-state index is 0.189. The first kappa shape index (κ1) is 44.7. The molecular formula is C39H73NO8. The van der Waals surface area contributed by atoms with E-state index in [-0.39, 0.29) is 12.5 Å². The zero-order chi connectivity index (χ0) is 35.2. The number of allylic oxidation sites excluding steroid dienone is 3. The van der Waals surface area contributed by atoms with E-state index in [2.05, 4.69) is 31.3 Å². The Hall–Kier alpha value is -1.33. The molecule has 9 nitrogen and oxygen atoms in total. The van der Waals surface area contributed by atoms with Crippen LogP contribution in [0.2, 0.25) is 0 Å². The number of ether oxygens (including phenoxy) is 2. The van der Waals surface area contributed by atoms with Crippen molar-refractivity contribution in [2.24, 2.45) is 0 Å². The van der Waals surface area contributed by atoms with Gasteiger partial charge >= 0.3 is 0 Å². The molecule has 0 bridgehead atoms. The number of amides is 1. The average molecular weight is 684 g/mol. The van der Waals surface area contributed by atoms with Gasteiger partial charge in [0.05, 0.1) is 25.4 Å². The van der Waals surface area contributed by atoms with Crippen molar-refractivity contribution < 1.29 is 39.8 Å². The van der Waals surface area contributed by atoms with E-state index in [1.165, 1.54) is 103 Å². The van der Waals surface area contributed by atoms with E-state index in [1.54, 1.807) is 6.08 Å². The maximum absolute atomic E-state index is 12.8. The second-order valence-electron chi connectivity index (χ2n) is 13.7. The van der Waals surface area contributed by atoms with Gasteiger partial charge in [-0.3, -0.25) is 4.79 Å². The molecule has 0 aromatic rings. The Bertz CT molecular complexity index is 807. The van der Waals surface area contributed by atoms with Crippen LogP contribution < -0.4 is 5.32 Å². The second kappa shape index (κ2) is 30.5. The van der Waals surface area contributed by atoms with E-state index in [4.69, 9.17) is 9.47 Å². The Morgan fingerprint density at radius 1 is 0.688 bits per heavy atom.